The molecule has 0 aliphatic heterocycles. The Morgan fingerprint density at radius 3 is 2.25 bits per heavy atom. The number of hydrogen-bond donors (Lipinski definition) is 2. The molecule has 1 amide bonds. The maximum absolute atomic E-state index is 12.4. The van der Waals surface area contributed by atoms with Gasteiger partial charge in [-0.1, -0.05) is 0 Å². The van der Waals surface area contributed by atoms with Crippen molar-refractivity contribution in [2.45, 2.75) is 60.1 Å². The number of carbonyl (C=O) groups is 3. The van der Waals surface area contributed by atoms with Crippen molar-refractivity contribution in [2.24, 2.45) is 0 Å². The molecule has 0 saturated heterocycles. The molecule has 0 spiro atoms. The third kappa shape index (κ3) is 4.84. The minimum atomic E-state index is -0.948. The molecule has 1 unspecified atom stereocenters. The Bertz CT molecular complexity index is 640. The summed E-state index contributed by atoms with van der Waals surface area (Å²) in [6.07, 6.45) is -0.948. The quantitative estimate of drug-likeness (QED) is 0.803. The third-order valence-corrected chi connectivity index (χ3v) is 3.27. The van der Waals surface area contributed by atoms with E-state index in [2.05, 4.69) is 10.3 Å². The van der Waals surface area contributed by atoms with Crippen LogP contribution >= 0.6 is 0 Å². The van der Waals surface area contributed by atoms with Gasteiger partial charge in [-0.2, -0.15) is 0 Å². The minimum absolute atomic E-state index is 0.216. The lowest BCUT2D eigenvalue weighted by Gasteiger charge is -2.23. The molecule has 0 fully saturated rings. The monoisotopic (exact) mass is 338 g/mol. The van der Waals surface area contributed by atoms with Crippen LogP contribution in [0.1, 0.15) is 66.7 Å². The molecule has 134 valence electrons. The molecule has 0 radical (unpaired) electrons. The van der Waals surface area contributed by atoms with Crippen molar-refractivity contribution in [1.29, 1.82) is 0 Å². The average molecular weight is 338 g/mol. The van der Waals surface area contributed by atoms with E-state index in [1.807, 2.05) is 20.8 Å². The lowest BCUT2D eigenvalue weighted by atomic mass is 10.1. The number of rotatable bonds is 5. The highest BCUT2D eigenvalue weighted by atomic mass is 16.5. The molecule has 1 rings (SSSR count). The summed E-state index contributed by atoms with van der Waals surface area (Å²) in [6, 6.07) is 0. The molecule has 1 atom stereocenters. The zero-order valence-electron chi connectivity index (χ0n) is 15.3. The number of aromatic nitrogens is 1. The van der Waals surface area contributed by atoms with Gasteiger partial charge in [0.1, 0.15) is 5.69 Å². The Kier molecular flexibility index (Phi) is 6.17. The fraction of sp³-hybridized carbons (Fsp3) is 0.588. The molecule has 1 heterocycles. The van der Waals surface area contributed by atoms with Crippen molar-refractivity contribution in [2.75, 3.05) is 6.61 Å². The molecular weight excluding hydrogens is 312 g/mol. The van der Waals surface area contributed by atoms with E-state index in [-0.39, 0.29) is 23.8 Å². The second-order valence-electron chi connectivity index (χ2n) is 6.63. The van der Waals surface area contributed by atoms with Crippen molar-refractivity contribution in [3.05, 3.63) is 22.5 Å². The van der Waals surface area contributed by atoms with Crippen molar-refractivity contribution >= 4 is 17.8 Å². The number of H-pyrrole nitrogens is 1. The van der Waals surface area contributed by atoms with Crippen LogP contribution in [-0.4, -0.2) is 41.1 Å². The van der Waals surface area contributed by atoms with Crippen LogP contribution in [0.4, 0.5) is 0 Å². The molecule has 1 aromatic rings. The number of aromatic amines is 1. The van der Waals surface area contributed by atoms with Gasteiger partial charge in [0.05, 0.1) is 12.2 Å². The highest BCUT2D eigenvalue weighted by molar-refractivity contribution is 5.99. The zero-order valence-corrected chi connectivity index (χ0v) is 15.3. The van der Waals surface area contributed by atoms with Gasteiger partial charge in [0.15, 0.2) is 6.10 Å². The van der Waals surface area contributed by atoms with Crippen LogP contribution in [0.2, 0.25) is 0 Å². The van der Waals surface area contributed by atoms with Crippen molar-refractivity contribution in [3.63, 3.8) is 0 Å². The molecule has 0 aliphatic rings. The molecule has 0 saturated carbocycles. The number of aryl methyl sites for hydroxylation is 1. The van der Waals surface area contributed by atoms with Gasteiger partial charge in [-0.25, -0.2) is 9.59 Å². The highest BCUT2D eigenvalue weighted by Crippen LogP contribution is 2.20. The van der Waals surface area contributed by atoms with E-state index in [0.717, 1.165) is 0 Å². The van der Waals surface area contributed by atoms with E-state index in [9.17, 15) is 14.4 Å². The number of nitrogens with one attached hydrogen (secondary N) is 2. The van der Waals surface area contributed by atoms with E-state index < -0.39 is 23.6 Å². The van der Waals surface area contributed by atoms with Crippen LogP contribution in [0.15, 0.2) is 0 Å². The number of esters is 2. The molecule has 0 bridgehead atoms. The van der Waals surface area contributed by atoms with Gasteiger partial charge in [0.2, 0.25) is 0 Å². The van der Waals surface area contributed by atoms with Crippen LogP contribution < -0.4 is 5.32 Å². The second kappa shape index (κ2) is 7.51. The minimum Gasteiger partial charge on any atom is -0.461 e. The molecule has 1 aromatic heterocycles. The van der Waals surface area contributed by atoms with Gasteiger partial charge in [0.25, 0.3) is 5.91 Å². The zero-order chi connectivity index (χ0) is 18.7. The van der Waals surface area contributed by atoms with E-state index in [0.29, 0.717) is 11.3 Å². The van der Waals surface area contributed by atoms with Gasteiger partial charge in [-0.05, 0) is 54.0 Å². The van der Waals surface area contributed by atoms with Crippen molar-refractivity contribution < 1.29 is 23.9 Å². The fourth-order valence-electron chi connectivity index (χ4n) is 2.21. The van der Waals surface area contributed by atoms with E-state index in [1.54, 1.807) is 20.8 Å². The topological polar surface area (TPSA) is 97.5 Å². The van der Waals surface area contributed by atoms with E-state index >= 15 is 0 Å². The first-order chi connectivity index (χ1) is 11.0. The molecule has 0 aromatic carbocycles. The molecular formula is C17H26N2O5. The Morgan fingerprint density at radius 2 is 1.75 bits per heavy atom. The fourth-order valence-corrected chi connectivity index (χ4v) is 2.21. The highest BCUT2D eigenvalue weighted by Gasteiger charge is 2.27. The number of amides is 1. The standard InChI is InChI=1S/C17H26N2O5/c1-8-23-16(22)13-9(2)12(10(3)18-13)15(21)24-11(4)14(20)19-17(5,6)7/h11,18H,8H2,1-7H3,(H,19,20). The average Bonchev–Trinajstić information content (AvgIpc) is 2.72. The predicted octanol–water partition coefficient (Wildman–Crippen LogP) is 2.27. The summed E-state index contributed by atoms with van der Waals surface area (Å²) < 4.78 is 10.2. The Labute approximate surface area is 142 Å². The Hall–Kier alpha value is -2.31. The van der Waals surface area contributed by atoms with Gasteiger partial charge < -0.3 is 19.8 Å². The Balaban J connectivity index is 2.92. The Morgan fingerprint density at radius 1 is 1.17 bits per heavy atom. The number of hydrogen-bond acceptors (Lipinski definition) is 5. The smallest absolute Gasteiger partial charge is 0.355 e. The third-order valence-electron chi connectivity index (χ3n) is 3.27. The number of carbonyl (C=O) groups excluding carboxylic acids is 3. The summed E-state index contributed by atoms with van der Waals surface area (Å²) in [6.45, 7) is 12.2. The van der Waals surface area contributed by atoms with Crippen LogP contribution in [0, 0.1) is 13.8 Å². The molecule has 7 nitrogen and oxygen atoms in total. The summed E-state index contributed by atoms with van der Waals surface area (Å²) in [7, 11) is 0. The summed E-state index contributed by atoms with van der Waals surface area (Å²) >= 11 is 0. The van der Waals surface area contributed by atoms with Crippen LogP contribution in [0.25, 0.3) is 0 Å². The largest absolute Gasteiger partial charge is 0.461 e. The molecule has 0 aliphatic carbocycles. The lowest BCUT2D eigenvalue weighted by molar-refractivity contribution is -0.130. The second-order valence-corrected chi connectivity index (χ2v) is 6.63. The van der Waals surface area contributed by atoms with Crippen LogP contribution in [0.5, 0.6) is 0 Å². The molecule has 7 heteroatoms. The van der Waals surface area contributed by atoms with E-state index in [4.69, 9.17) is 9.47 Å². The maximum Gasteiger partial charge on any atom is 0.355 e. The van der Waals surface area contributed by atoms with E-state index in [1.165, 1.54) is 6.92 Å². The predicted molar refractivity (Wildman–Crippen MR) is 89.0 cm³/mol. The van der Waals surface area contributed by atoms with Gasteiger partial charge in [-0.15, -0.1) is 0 Å². The van der Waals surface area contributed by atoms with Crippen molar-refractivity contribution in [1.82, 2.24) is 10.3 Å². The summed E-state index contributed by atoms with van der Waals surface area (Å²) in [5.41, 5.74) is 0.972. The summed E-state index contributed by atoms with van der Waals surface area (Å²) in [5, 5.41) is 2.75. The normalized spacial score (nSPS) is 12.5. The van der Waals surface area contributed by atoms with Gasteiger partial charge in [-0.3, -0.25) is 4.79 Å². The first-order valence-electron chi connectivity index (χ1n) is 7.87. The molecule has 2 N–H and O–H groups in total. The summed E-state index contributed by atoms with van der Waals surface area (Å²) in [4.78, 5) is 39.1. The van der Waals surface area contributed by atoms with Gasteiger partial charge in [0, 0.05) is 11.2 Å². The van der Waals surface area contributed by atoms with Crippen LogP contribution in [0.3, 0.4) is 0 Å². The van der Waals surface area contributed by atoms with Gasteiger partial charge >= 0.3 is 11.9 Å². The van der Waals surface area contributed by atoms with Crippen molar-refractivity contribution in [3.8, 4) is 0 Å². The SMILES string of the molecule is CCOC(=O)c1[nH]c(C)c(C(=O)OC(C)C(=O)NC(C)(C)C)c1C. The summed E-state index contributed by atoms with van der Waals surface area (Å²) in [5.74, 6) is -1.57. The lowest BCUT2D eigenvalue weighted by Crippen LogP contribution is -2.46. The molecule has 24 heavy (non-hydrogen) atoms. The maximum atomic E-state index is 12.4. The first-order valence-corrected chi connectivity index (χ1v) is 7.87. The first kappa shape index (κ1) is 19.7. The van der Waals surface area contributed by atoms with Crippen LogP contribution in [-0.2, 0) is 14.3 Å². The number of ether oxygens (including phenoxy) is 2.